The minimum absolute atomic E-state index is 0.171. The first-order valence-corrected chi connectivity index (χ1v) is 8.02. The lowest BCUT2D eigenvalue weighted by molar-refractivity contribution is 0.412. The Morgan fingerprint density at radius 1 is 1.19 bits per heavy atom. The number of aryl methyl sites for hydroxylation is 2. The Kier molecular flexibility index (Phi) is 5.83. The Labute approximate surface area is 135 Å². The second-order valence-electron chi connectivity index (χ2n) is 5.40. The van der Waals surface area contributed by atoms with E-state index in [9.17, 15) is 0 Å². The summed E-state index contributed by atoms with van der Waals surface area (Å²) in [5, 5.41) is 0. The molecule has 2 aromatic carbocycles. The quantitative estimate of drug-likeness (QED) is 0.846. The van der Waals surface area contributed by atoms with Crippen molar-refractivity contribution < 1.29 is 4.74 Å². The maximum atomic E-state index is 6.28. The van der Waals surface area contributed by atoms with Crippen LogP contribution in [0.15, 0.2) is 46.9 Å². The fraction of sp³-hybridized carbons (Fsp3) is 0.333. The van der Waals surface area contributed by atoms with Crippen LogP contribution in [-0.2, 0) is 12.8 Å². The molecule has 0 spiro atoms. The average Bonchev–Trinajstić information content (AvgIpc) is 2.46. The topological polar surface area (TPSA) is 35.2 Å². The smallest absolute Gasteiger partial charge is 0.133 e. The van der Waals surface area contributed by atoms with Crippen molar-refractivity contribution in [3.63, 3.8) is 0 Å². The van der Waals surface area contributed by atoms with Crippen LogP contribution in [0, 0.1) is 6.92 Å². The van der Waals surface area contributed by atoms with Crippen LogP contribution in [0.2, 0.25) is 0 Å². The molecule has 0 fully saturated rings. The van der Waals surface area contributed by atoms with Crippen LogP contribution in [0.4, 0.5) is 0 Å². The van der Waals surface area contributed by atoms with Crippen LogP contribution in [0.1, 0.15) is 23.1 Å². The molecule has 0 aliphatic carbocycles. The number of benzene rings is 2. The van der Waals surface area contributed by atoms with E-state index in [1.807, 2.05) is 6.07 Å². The van der Waals surface area contributed by atoms with E-state index in [2.05, 4.69) is 59.3 Å². The zero-order chi connectivity index (χ0) is 15.2. The first kappa shape index (κ1) is 16.1. The van der Waals surface area contributed by atoms with Crippen LogP contribution in [0.5, 0.6) is 5.75 Å². The Bertz CT molecular complexity index is 598. The lowest BCUT2D eigenvalue weighted by atomic mass is 9.97. The lowest BCUT2D eigenvalue weighted by Crippen LogP contribution is -2.23. The third kappa shape index (κ3) is 4.58. The first-order chi connectivity index (χ1) is 10.1. The van der Waals surface area contributed by atoms with Crippen LogP contribution >= 0.6 is 15.9 Å². The van der Waals surface area contributed by atoms with Crippen molar-refractivity contribution in [3.8, 4) is 5.75 Å². The van der Waals surface area contributed by atoms with Crippen molar-refractivity contribution in [2.75, 3.05) is 7.11 Å². The molecule has 0 saturated heterocycles. The van der Waals surface area contributed by atoms with Gasteiger partial charge in [-0.3, -0.25) is 0 Å². The van der Waals surface area contributed by atoms with E-state index in [-0.39, 0.29) is 6.04 Å². The zero-order valence-electron chi connectivity index (χ0n) is 12.6. The van der Waals surface area contributed by atoms with Gasteiger partial charge in [-0.1, -0.05) is 30.3 Å². The molecule has 0 heterocycles. The number of nitrogens with two attached hydrogens (primary N) is 1. The summed E-state index contributed by atoms with van der Waals surface area (Å²) in [6.07, 6.45) is 2.91. The van der Waals surface area contributed by atoms with Gasteiger partial charge in [0.05, 0.1) is 11.6 Å². The molecule has 2 nitrogen and oxygen atoms in total. The molecule has 112 valence electrons. The summed E-state index contributed by atoms with van der Waals surface area (Å²) >= 11 is 3.52. The minimum Gasteiger partial charge on any atom is -0.496 e. The molecule has 3 heteroatoms. The number of rotatable bonds is 6. The largest absolute Gasteiger partial charge is 0.496 e. The van der Waals surface area contributed by atoms with Crippen molar-refractivity contribution in [1.29, 1.82) is 0 Å². The number of halogens is 1. The van der Waals surface area contributed by atoms with Gasteiger partial charge in [0.1, 0.15) is 5.75 Å². The molecule has 0 aromatic heterocycles. The van der Waals surface area contributed by atoms with Crippen LogP contribution < -0.4 is 10.5 Å². The highest BCUT2D eigenvalue weighted by atomic mass is 79.9. The fourth-order valence-corrected chi connectivity index (χ4v) is 3.06. The third-order valence-electron chi connectivity index (χ3n) is 3.76. The van der Waals surface area contributed by atoms with Crippen LogP contribution in [-0.4, -0.2) is 13.2 Å². The Balaban J connectivity index is 1.91. The third-order valence-corrected chi connectivity index (χ3v) is 4.38. The van der Waals surface area contributed by atoms with E-state index < -0.39 is 0 Å². The van der Waals surface area contributed by atoms with Gasteiger partial charge >= 0.3 is 0 Å². The van der Waals surface area contributed by atoms with E-state index in [1.54, 1.807) is 7.11 Å². The molecule has 2 N–H and O–H groups in total. The highest BCUT2D eigenvalue weighted by Crippen LogP contribution is 2.26. The van der Waals surface area contributed by atoms with Gasteiger partial charge < -0.3 is 10.5 Å². The molecule has 0 amide bonds. The van der Waals surface area contributed by atoms with Gasteiger partial charge in [-0.15, -0.1) is 0 Å². The summed E-state index contributed by atoms with van der Waals surface area (Å²) < 4.78 is 6.23. The molecule has 1 unspecified atom stereocenters. The highest BCUT2D eigenvalue weighted by molar-refractivity contribution is 9.10. The van der Waals surface area contributed by atoms with E-state index in [1.165, 1.54) is 16.7 Å². The van der Waals surface area contributed by atoms with Gasteiger partial charge in [0.2, 0.25) is 0 Å². The monoisotopic (exact) mass is 347 g/mol. The van der Waals surface area contributed by atoms with Gasteiger partial charge in [0.25, 0.3) is 0 Å². The van der Waals surface area contributed by atoms with Crippen molar-refractivity contribution in [3.05, 3.63) is 63.6 Å². The molecule has 2 rings (SSSR count). The van der Waals surface area contributed by atoms with Crippen molar-refractivity contribution in [1.82, 2.24) is 0 Å². The van der Waals surface area contributed by atoms with Crippen LogP contribution in [0.25, 0.3) is 0 Å². The molecule has 2 aromatic rings. The summed E-state index contributed by atoms with van der Waals surface area (Å²) in [7, 11) is 1.67. The van der Waals surface area contributed by atoms with Gasteiger partial charge in [0, 0.05) is 6.04 Å². The van der Waals surface area contributed by atoms with Crippen LogP contribution in [0.3, 0.4) is 0 Å². The maximum absolute atomic E-state index is 6.28. The van der Waals surface area contributed by atoms with Gasteiger partial charge in [-0.2, -0.15) is 0 Å². The lowest BCUT2D eigenvalue weighted by Gasteiger charge is -2.14. The van der Waals surface area contributed by atoms with E-state index in [4.69, 9.17) is 10.5 Å². The van der Waals surface area contributed by atoms with Gasteiger partial charge in [-0.05, 0) is 70.9 Å². The fourth-order valence-electron chi connectivity index (χ4n) is 2.47. The molecule has 1 atom stereocenters. The molecule has 0 aliphatic heterocycles. The predicted octanol–water partition coefficient (Wildman–Crippen LogP) is 4.27. The van der Waals surface area contributed by atoms with Gasteiger partial charge in [0.15, 0.2) is 0 Å². The number of hydrogen-bond donors (Lipinski definition) is 1. The highest BCUT2D eigenvalue weighted by Gasteiger charge is 2.08. The molecule has 0 saturated carbocycles. The SMILES string of the molecule is COc1ccc(CC(N)CCc2ccccc2C)cc1Br. The van der Waals surface area contributed by atoms with E-state index >= 15 is 0 Å². The standard InChI is InChI=1S/C18H22BrNO/c1-13-5-3-4-6-15(13)8-9-16(20)11-14-7-10-18(21-2)17(19)12-14/h3-7,10,12,16H,8-9,11,20H2,1-2H3. The predicted molar refractivity (Wildman–Crippen MR) is 91.9 cm³/mol. The second kappa shape index (κ2) is 7.62. The Morgan fingerprint density at radius 2 is 1.95 bits per heavy atom. The molecule has 0 bridgehead atoms. The minimum atomic E-state index is 0.171. The summed E-state index contributed by atoms with van der Waals surface area (Å²) in [6.45, 7) is 2.15. The maximum Gasteiger partial charge on any atom is 0.133 e. The number of methoxy groups -OCH3 is 1. The number of hydrogen-bond acceptors (Lipinski definition) is 2. The normalized spacial score (nSPS) is 12.2. The summed E-state index contributed by atoms with van der Waals surface area (Å²) in [5.74, 6) is 0.854. The molecular weight excluding hydrogens is 326 g/mol. The van der Waals surface area contributed by atoms with E-state index in [0.717, 1.165) is 29.5 Å². The Morgan fingerprint density at radius 3 is 2.62 bits per heavy atom. The molecular formula is C18H22BrNO. The summed E-state index contributed by atoms with van der Waals surface area (Å²) in [5.41, 5.74) is 10.3. The first-order valence-electron chi connectivity index (χ1n) is 7.22. The van der Waals surface area contributed by atoms with Crippen molar-refractivity contribution in [2.24, 2.45) is 5.73 Å². The second-order valence-corrected chi connectivity index (χ2v) is 6.25. The van der Waals surface area contributed by atoms with Crippen molar-refractivity contribution >= 4 is 15.9 Å². The average molecular weight is 348 g/mol. The molecule has 0 radical (unpaired) electrons. The van der Waals surface area contributed by atoms with Gasteiger partial charge in [-0.25, -0.2) is 0 Å². The molecule has 0 aliphatic rings. The van der Waals surface area contributed by atoms with E-state index in [0.29, 0.717) is 0 Å². The number of ether oxygens (including phenoxy) is 1. The Hall–Kier alpha value is -1.32. The van der Waals surface area contributed by atoms with Crippen molar-refractivity contribution in [2.45, 2.75) is 32.2 Å². The summed E-state index contributed by atoms with van der Waals surface area (Å²) in [4.78, 5) is 0. The zero-order valence-corrected chi connectivity index (χ0v) is 14.2. The molecule has 21 heavy (non-hydrogen) atoms. The summed E-state index contributed by atoms with van der Waals surface area (Å²) in [6, 6.07) is 14.8.